The third-order valence-electron chi connectivity index (χ3n) is 9.29. The Hall–Kier alpha value is -5.74. The summed E-state index contributed by atoms with van der Waals surface area (Å²) in [6.45, 7) is 6.03. The number of hydrogen-bond acceptors (Lipinski definition) is 10. The van der Waals surface area contributed by atoms with Crippen molar-refractivity contribution < 1.29 is 28.8 Å². The van der Waals surface area contributed by atoms with Gasteiger partial charge in [-0.25, -0.2) is 0 Å². The zero-order chi connectivity index (χ0) is 46.8. The lowest BCUT2D eigenvalue weighted by atomic mass is 9.98. The fourth-order valence-electron chi connectivity index (χ4n) is 6.10. The lowest BCUT2D eigenvalue weighted by Gasteiger charge is -2.20. The van der Waals surface area contributed by atoms with Crippen LogP contribution >= 0.6 is 69.6 Å². The number of carbonyl (C=O) groups excluding carboxylic acids is 6. The van der Waals surface area contributed by atoms with Crippen LogP contribution in [0.4, 0.5) is 34.1 Å². The minimum Gasteiger partial charge on any atom is -0.323 e. The lowest BCUT2D eigenvalue weighted by Crippen LogP contribution is -2.33. The number of ketones is 2. The molecule has 0 bridgehead atoms. The van der Waals surface area contributed by atoms with Crippen LogP contribution in [-0.2, 0) is 32.0 Å². The average molecular weight is 986 g/mol. The average Bonchev–Trinajstić information content (AvgIpc) is 3.25. The van der Waals surface area contributed by atoms with Crippen LogP contribution in [0.25, 0.3) is 0 Å². The number of benzene rings is 5. The monoisotopic (exact) mass is 982 g/mol. The lowest BCUT2D eigenvalue weighted by molar-refractivity contribution is -0.127. The number of azo groups is 2. The number of carbonyl (C=O) groups is 6. The van der Waals surface area contributed by atoms with Crippen molar-refractivity contribution in [2.24, 2.45) is 20.5 Å². The third kappa shape index (κ3) is 12.1. The maximum atomic E-state index is 13.6. The molecular formula is C44H36Cl6N8O6. The minimum absolute atomic E-state index is 0.0152. The van der Waals surface area contributed by atoms with E-state index >= 15 is 0 Å². The Morgan fingerprint density at radius 1 is 0.484 bits per heavy atom. The van der Waals surface area contributed by atoms with Crippen molar-refractivity contribution >= 4 is 139 Å². The van der Waals surface area contributed by atoms with Gasteiger partial charge in [-0.3, -0.25) is 28.8 Å². The first-order valence-electron chi connectivity index (χ1n) is 19.1. The van der Waals surface area contributed by atoms with Gasteiger partial charge in [-0.15, -0.1) is 0 Å². The minimum atomic E-state index is -1.58. The number of amides is 4. The van der Waals surface area contributed by atoms with Crippen LogP contribution in [0.5, 0.6) is 0 Å². The van der Waals surface area contributed by atoms with E-state index in [2.05, 4.69) is 41.7 Å². The topological polar surface area (TPSA) is 200 Å². The van der Waals surface area contributed by atoms with Crippen LogP contribution in [0.1, 0.15) is 59.5 Å². The molecule has 0 aliphatic heterocycles. The predicted octanol–water partition coefficient (Wildman–Crippen LogP) is 12.6. The first-order valence-corrected chi connectivity index (χ1v) is 21.4. The SMILES string of the molecule is CCc1c(NC(=O)C(N=Nc2ccc(Cl)c(C(=O)Nc3cccc(Cl)c3Cl)c2)C(C)=O)ccc(NC(=O)C(N=Nc2ccc(Cl)c(C(=O)Nc3cccc(Cl)c3Cl)c2)C(C)=O)c1CC. The Bertz CT molecular complexity index is 2560. The summed E-state index contributed by atoms with van der Waals surface area (Å²) in [6, 6.07) is 17.8. The number of nitrogens with one attached hydrogen (secondary N) is 4. The Balaban J connectivity index is 1.31. The van der Waals surface area contributed by atoms with Gasteiger partial charge in [-0.1, -0.05) is 95.6 Å². The Morgan fingerprint density at radius 3 is 1.20 bits per heavy atom. The molecule has 2 unspecified atom stereocenters. The molecule has 0 saturated heterocycles. The molecule has 14 nitrogen and oxygen atoms in total. The van der Waals surface area contributed by atoms with Gasteiger partial charge in [-0.05, 0) is 111 Å². The zero-order valence-corrected chi connectivity index (χ0v) is 38.7. The molecule has 0 saturated carbocycles. The number of nitrogens with zero attached hydrogens (tertiary/aromatic N) is 4. The molecule has 0 aliphatic carbocycles. The third-order valence-corrected chi connectivity index (χ3v) is 11.6. The molecule has 0 heterocycles. The van der Waals surface area contributed by atoms with Crippen molar-refractivity contribution in [2.45, 2.75) is 52.6 Å². The normalized spacial score (nSPS) is 12.2. The van der Waals surface area contributed by atoms with Gasteiger partial charge < -0.3 is 21.3 Å². The number of anilines is 4. The largest absolute Gasteiger partial charge is 0.323 e. The van der Waals surface area contributed by atoms with E-state index in [1.54, 1.807) is 36.4 Å². The summed E-state index contributed by atoms with van der Waals surface area (Å²) in [7, 11) is 0. The molecule has 4 N–H and O–H groups in total. The van der Waals surface area contributed by atoms with Crippen molar-refractivity contribution in [1.82, 2.24) is 0 Å². The molecule has 330 valence electrons. The highest BCUT2D eigenvalue weighted by Crippen LogP contribution is 2.34. The Morgan fingerprint density at radius 2 is 0.859 bits per heavy atom. The number of Topliss-reactive ketones (excluding diaryl/α,β-unsaturated/α-hetero) is 2. The summed E-state index contributed by atoms with van der Waals surface area (Å²) >= 11 is 37.2. The summed E-state index contributed by atoms with van der Waals surface area (Å²) in [5.41, 5.74) is 2.74. The van der Waals surface area contributed by atoms with E-state index in [1.165, 1.54) is 62.4 Å². The fourth-order valence-corrected chi connectivity index (χ4v) is 7.20. The van der Waals surface area contributed by atoms with Crippen LogP contribution in [0.3, 0.4) is 0 Å². The standard InChI is InChI=1S/C44H36Cl6N8O6/c1-5-25-26(6-2)34(52-44(64)40(22(4)60)58-56-24-14-16-30(46)28(20-24)42(62)54-36-12-8-10-32(48)38(36)50)18-17-33(25)51-43(63)39(21(3)59)57-55-23-13-15-29(45)27(19-23)41(61)53-35-11-7-9-31(47)37(35)49/h7-20,39-40H,5-6H2,1-4H3,(H,51,63)(H,52,64)(H,53,61)(H,54,62). The molecule has 5 rings (SSSR count). The molecule has 0 aliphatic rings. The van der Waals surface area contributed by atoms with Crippen LogP contribution in [0.15, 0.2) is 105 Å². The van der Waals surface area contributed by atoms with Crippen molar-refractivity contribution in [2.75, 3.05) is 21.3 Å². The summed E-state index contributed by atoms with van der Waals surface area (Å²) in [5, 5.41) is 27.9. The molecule has 0 aromatic heterocycles. The Labute approximate surface area is 397 Å². The summed E-state index contributed by atoms with van der Waals surface area (Å²) in [6.07, 6.45) is 0.771. The first-order chi connectivity index (χ1) is 30.4. The Kier molecular flexibility index (Phi) is 17.1. The van der Waals surface area contributed by atoms with E-state index in [4.69, 9.17) is 69.6 Å². The van der Waals surface area contributed by atoms with Gasteiger partial charge in [0.15, 0.2) is 11.6 Å². The summed E-state index contributed by atoms with van der Waals surface area (Å²) in [4.78, 5) is 78.7. The van der Waals surface area contributed by atoms with Crippen LogP contribution in [-0.4, -0.2) is 47.3 Å². The molecule has 0 spiro atoms. The molecule has 64 heavy (non-hydrogen) atoms. The van der Waals surface area contributed by atoms with E-state index in [0.29, 0.717) is 35.3 Å². The highest BCUT2D eigenvalue weighted by molar-refractivity contribution is 6.45. The van der Waals surface area contributed by atoms with E-state index in [1.807, 2.05) is 13.8 Å². The van der Waals surface area contributed by atoms with Crippen molar-refractivity contribution in [3.8, 4) is 0 Å². The fraction of sp³-hybridized carbons (Fsp3) is 0.182. The van der Waals surface area contributed by atoms with Gasteiger partial charge in [0, 0.05) is 11.4 Å². The van der Waals surface area contributed by atoms with Gasteiger partial charge in [0.1, 0.15) is 0 Å². The van der Waals surface area contributed by atoms with Crippen LogP contribution < -0.4 is 21.3 Å². The second-order valence-corrected chi connectivity index (χ2v) is 16.1. The van der Waals surface area contributed by atoms with Crippen molar-refractivity contribution in [1.29, 1.82) is 0 Å². The van der Waals surface area contributed by atoms with Crippen LogP contribution in [0, 0.1) is 0 Å². The van der Waals surface area contributed by atoms with E-state index in [9.17, 15) is 28.8 Å². The quantitative estimate of drug-likeness (QED) is 0.0560. The number of halogens is 6. The van der Waals surface area contributed by atoms with E-state index in [-0.39, 0.29) is 64.0 Å². The van der Waals surface area contributed by atoms with Crippen LogP contribution in [0.2, 0.25) is 30.1 Å². The molecule has 20 heteroatoms. The van der Waals surface area contributed by atoms with Gasteiger partial charge in [0.05, 0.1) is 64.0 Å². The predicted molar refractivity (Wildman–Crippen MR) is 252 cm³/mol. The molecule has 5 aromatic carbocycles. The molecule has 4 amide bonds. The van der Waals surface area contributed by atoms with Gasteiger partial charge in [0.25, 0.3) is 23.6 Å². The van der Waals surface area contributed by atoms with Gasteiger partial charge in [0.2, 0.25) is 12.1 Å². The second-order valence-electron chi connectivity index (χ2n) is 13.7. The van der Waals surface area contributed by atoms with Gasteiger partial charge in [-0.2, -0.15) is 20.5 Å². The maximum Gasteiger partial charge on any atom is 0.258 e. The van der Waals surface area contributed by atoms with Crippen molar-refractivity contribution in [3.05, 3.63) is 137 Å². The smallest absolute Gasteiger partial charge is 0.258 e. The molecular weight excluding hydrogens is 949 g/mol. The summed E-state index contributed by atoms with van der Waals surface area (Å²) < 4.78 is 0. The first kappa shape index (κ1) is 49.3. The molecule has 5 aromatic rings. The molecule has 0 radical (unpaired) electrons. The zero-order valence-electron chi connectivity index (χ0n) is 34.2. The highest BCUT2D eigenvalue weighted by Gasteiger charge is 2.27. The van der Waals surface area contributed by atoms with E-state index in [0.717, 1.165) is 0 Å². The molecule has 0 fully saturated rings. The number of hydrogen-bond donors (Lipinski definition) is 4. The van der Waals surface area contributed by atoms with Gasteiger partial charge >= 0.3 is 0 Å². The van der Waals surface area contributed by atoms with Crippen molar-refractivity contribution in [3.63, 3.8) is 0 Å². The molecule has 2 atom stereocenters. The maximum absolute atomic E-state index is 13.6. The second kappa shape index (κ2) is 22.2. The summed E-state index contributed by atoms with van der Waals surface area (Å²) in [5.74, 6) is -4.06. The highest BCUT2D eigenvalue weighted by atomic mass is 35.5. The number of rotatable bonds is 16. The van der Waals surface area contributed by atoms with E-state index < -0.39 is 47.3 Å².